The van der Waals surface area contributed by atoms with E-state index in [2.05, 4.69) is 5.32 Å². The molecule has 0 amide bonds. The van der Waals surface area contributed by atoms with Crippen molar-refractivity contribution in [3.63, 3.8) is 0 Å². The molecule has 2 N–H and O–H groups in total. The van der Waals surface area contributed by atoms with Crippen LogP contribution in [0.2, 0.25) is 5.02 Å². The smallest absolute Gasteiger partial charge is 0.336 e. The fraction of sp³-hybridized carbons (Fsp3) is 0.455. The summed E-state index contributed by atoms with van der Waals surface area (Å²) in [6.45, 7) is 4.57. The van der Waals surface area contributed by atoms with Crippen LogP contribution in [0.25, 0.3) is 0 Å². The number of Topliss-reactive ketones (excluding diaryl/α,β-unsaturated/α-hetero) is 1. The average Bonchev–Trinajstić information content (AvgIpc) is 2.72. The van der Waals surface area contributed by atoms with Crippen LogP contribution in [-0.4, -0.2) is 43.8 Å². The van der Waals surface area contributed by atoms with Crippen LogP contribution in [-0.2, 0) is 19.1 Å². The molecule has 2 aliphatic rings. The summed E-state index contributed by atoms with van der Waals surface area (Å²) in [5.41, 5.74) is 2.88. The summed E-state index contributed by atoms with van der Waals surface area (Å²) in [4.78, 5) is 25.9. The van der Waals surface area contributed by atoms with Gasteiger partial charge in [-0.1, -0.05) is 11.6 Å². The van der Waals surface area contributed by atoms with E-state index >= 15 is 0 Å². The quantitative estimate of drug-likeness (QED) is 0.499. The topological polar surface area (TPSA) is 94.1 Å². The van der Waals surface area contributed by atoms with Gasteiger partial charge < -0.3 is 24.6 Å². The van der Waals surface area contributed by atoms with Crippen LogP contribution in [0.15, 0.2) is 34.7 Å². The number of allylic oxidation sites excluding steroid dienone is 3. The second-order valence-electron chi connectivity index (χ2n) is 7.15. The summed E-state index contributed by atoms with van der Waals surface area (Å²) in [6.07, 6.45) is 1.87. The number of phenolic OH excluding ortho intramolecular Hbond substituents is 1. The van der Waals surface area contributed by atoms with Gasteiger partial charge in [-0.05, 0) is 44.4 Å². The number of ketones is 1. The van der Waals surface area contributed by atoms with Crippen molar-refractivity contribution in [2.75, 3.05) is 26.9 Å². The van der Waals surface area contributed by atoms with Crippen molar-refractivity contribution in [2.45, 2.75) is 39.0 Å². The molecule has 3 rings (SSSR count). The Bertz CT molecular complexity index is 920. The molecule has 1 aromatic carbocycles. The number of nitrogens with one attached hydrogen (secondary N) is 1. The molecule has 0 unspecified atom stereocenters. The Labute approximate surface area is 180 Å². The fourth-order valence-corrected chi connectivity index (χ4v) is 4.14. The molecule has 7 nitrogen and oxygen atoms in total. The molecule has 0 spiro atoms. The highest BCUT2D eigenvalue weighted by atomic mass is 35.5. The van der Waals surface area contributed by atoms with E-state index < -0.39 is 11.9 Å². The molecule has 0 aromatic heterocycles. The Morgan fingerprint density at radius 2 is 2.07 bits per heavy atom. The molecule has 162 valence electrons. The predicted octanol–water partition coefficient (Wildman–Crippen LogP) is 3.60. The lowest BCUT2D eigenvalue weighted by Gasteiger charge is -2.34. The van der Waals surface area contributed by atoms with Gasteiger partial charge in [0.25, 0.3) is 0 Å². The lowest BCUT2D eigenvalue weighted by Crippen LogP contribution is -2.34. The summed E-state index contributed by atoms with van der Waals surface area (Å²) in [6, 6.07) is 3.16. The zero-order valence-electron chi connectivity index (χ0n) is 17.3. The summed E-state index contributed by atoms with van der Waals surface area (Å²) in [7, 11) is 1.41. The highest BCUT2D eigenvalue weighted by Crippen LogP contribution is 2.46. The number of benzene rings is 1. The lowest BCUT2D eigenvalue weighted by atomic mass is 9.75. The Hall–Kier alpha value is -2.51. The lowest BCUT2D eigenvalue weighted by molar-refractivity contribution is -0.140. The van der Waals surface area contributed by atoms with Gasteiger partial charge in [0.05, 0.1) is 24.3 Å². The van der Waals surface area contributed by atoms with Gasteiger partial charge in [0, 0.05) is 35.9 Å². The van der Waals surface area contributed by atoms with Crippen LogP contribution in [0.4, 0.5) is 0 Å². The van der Waals surface area contributed by atoms with Crippen LogP contribution in [0.3, 0.4) is 0 Å². The molecule has 1 aliphatic heterocycles. The average molecular weight is 436 g/mol. The van der Waals surface area contributed by atoms with Gasteiger partial charge in [0.2, 0.25) is 0 Å². The van der Waals surface area contributed by atoms with Gasteiger partial charge in [-0.3, -0.25) is 4.79 Å². The maximum Gasteiger partial charge on any atom is 0.336 e. The van der Waals surface area contributed by atoms with Crippen LogP contribution in [0.5, 0.6) is 11.5 Å². The molecule has 0 saturated heterocycles. The molecule has 1 aliphatic carbocycles. The second kappa shape index (κ2) is 9.53. The first kappa shape index (κ1) is 22.2. The minimum absolute atomic E-state index is 0.0240. The maximum atomic E-state index is 13.0. The second-order valence-corrected chi connectivity index (χ2v) is 7.56. The number of esters is 1. The highest BCUT2D eigenvalue weighted by molar-refractivity contribution is 6.32. The molecule has 0 fully saturated rings. The van der Waals surface area contributed by atoms with Crippen molar-refractivity contribution in [2.24, 2.45) is 0 Å². The van der Waals surface area contributed by atoms with Gasteiger partial charge in [0.1, 0.15) is 6.61 Å². The molecule has 1 atom stereocenters. The number of hydrogen-bond donors (Lipinski definition) is 2. The van der Waals surface area contributed by atoms with Crippen molar-refractivity contribution in [3.05, 3.63) is 45.3 Å². The van der Waals surface area contributed by atoms with Crippen LogP contribution in [0.1, 0.15) is 44.6 Å². The van der Waals surface area contributed by atoms with E-state index in [1.807, 2.05) is 6.92 Å². The molecular weight excluding hydrogens is 410 g/mol. The molecule has 0 radical (unpaired) electrons. The minimum Gasteiger partial charge on any atom is -0.503 e. The van der Waals surface area contributed by atoms with Gasteiger partial charge in [-0.15, -0.1) is 0 Å². The first-order valence-corrected chi connectivity index (χ1v) is 10.3. The number of ether oxygens (including phenoxy) is 3. The molecule has 30 heavy (non-hydrogen) atoms. The molecular formula is C22H26ClNO6. The third kappa shape index (κ3) is 4.32. The van der Waals surface area contributed by atoms with E-state index in [-0.39, 0.29) is 28.9 Å². The predicted molar refractivity (Wildman–Crippen MR) is 112 cm³/mol. The van der Waals surface area contributed by atoms with Crippen LogP contribution >= 0.6 is 11.6 Å². The largest absolute Gasteiger partial charge is 0.503 e. The van der Waals surface area contributed by atoms with E-state index in [4.69, 9.17) is 25.8 Å². The summed E-state index contributed by atoms with van der Waals surface area (Å²) in [5.74, 6) is -1.24. The van der Waals surface area contributed by atoms with E-state index in [1.165, 1.54) is 7.11 Å². The number of hydrogen-bond acceptors (Lipinski definition) is 7. The molecule has 0 saturated carbocycles. The molecule has 1 aromatic rings. The van der Waals surface area contributed by atoms with Crippen molar-refractivity contribution < 1.29 is 28.9 Å². The Kier molecular flexibility index (Phi) is 7.05. The molecule has 8 heteroatoms. The molecule has 0 bridgehead atoms. The summed E-state index contributed by atoms with van der Waals surface area (Å²) in [5, 5.41) is 13.4. The number of carbonyl (C=O) groups is 2. The number of rotatable bonds is 7. The minimum atomic E-state index is -0.666. The first-order valence-electron chi connectivity index (χ1n) is 9.94. The number of phenols is 1. The van der Waals surface area contributed by atoms with Crippen molar-refractivity contribution in [3.8, 4) is 11.5 Å². The SMILES string of the molecule is CCOCCOC(=O)C1=C(C)NC2=C(C(=O)CCC2)[C@H]1c1cc(Cl)c(O)c(OC)c1. The monoisotopic (exact) mass is 435 g/mol. The molecule has 1 heterocycles. The normalized spacial score (nSPS) is 18.8. The van der Waals surface area contributed by atoms with Gasteiger partial charge in [-0.25, -0.2) is 4.79 Å². The van der Waals surface area contributed by atoms with E-state index in [1.54, 1.807) is 19.1 Å². The third-order valence-corrected chi connectivity index (χ3v) is 5.55. The van der Waals surface area contributed by atoms with Crippen molar-refractivity contribution in [1.29, 1.82) is 0 Å². The number of halogens is 1. The Morgan fingerprint density at radius 3 is 2.77 bits per heavy atom. The Balaban J connectivity index is 2.08. The number of carbonyl (C=O) groups excluding carboxylic acids is 2. The summed E-state index contributed by atoms with van der Waals surface area (Å²) < 4.78 is 15.9. The number of aromatic hydroxyl groups is 1. The van der Waals surface area contributed by atoms with Crippen LogP contribution < -0.4 is 10.1 Å². The standard InChI is InChI=1S/C22H26ClNO6/c1-4-29-8-9-30-22(27)18-12(2)24-15-6-5-7-16(25)20(15)19(18)13-10-14(23)21(26)17(11-13)28-3/h10-11,19,24,26H,4-9H2,1-3H3/t19-/m0/s1. The van der Waals surface area contributed by atoms with Crippen molar-refractivity contribution in [1.82, 2.24) is 5.32 Å². The maximum absolute atomic E-state index is 13.0. The summed E-state index contributed by atoms with van der Waals surface area (Å²) >= 11 is 6.22. The van der Waals surface area contributed by atoms with E-state index in [0.29, 0.717) is 48.5 Å². The Morgan fingerprint density at radius 1 is 1.30 bits per heavy atom. The van der Waals surface area contributed by atoms with Gasteiger partial charge in [-0.2, -0.15) is 0 Å². The van der Waals surface area contributed by atoms with E-state index in [0.717, 1.165) is 12.1 Å². The first-order chi connectivity index (χ1) is 14.4. The number of dihydropyridines is 1. The zero-order chi connectivity index (χ0) is 21.8. The van der Waals surface area contributed by atoms with Gasteiger partial charge >= 0.3 is 5.97 Å². The van der Waals surface area contributed by atoms with E-state index in [9.17, 15) is 14.7 Å². The highest BCUT2D eigenvalue weighted by Gasteiger charge is 2.39. The third-order valence-electron chi connectivity index (χ3n) is 5.26. The zero-order valence-corrected chi connectivity index (χ0v) is 18.1. The van der Waals surface area contributed by atoms with Gasteiger partial charge in [0.15, 0.2) is 17.3 Å². The van der Waals surface area contributed by atoms with Crippen LogP contribution in [0, 0.1) is 0 Å². The number of methoxy groups -OCH3 is 1. The van der Waals surface area contributed by atoms with Crippen molar-refractivity contribution >= 4 is 23.4 Å². The fourth-order valence-electron chi connectivity index (χ4n) is 3.92.